The van der Waals surface area contributed by atoms with Crippen LogP contribution in [0.3, 0.4) is 0 Å². The average molecular weight is 389 g/mol. The third-order valence-electron chi connectivity index (χ3n) is 4.54. The quantitative estimate of drug-likeness (QED) is 0.543. The highest BCUT2D eigenvalue weighted by Gasteiger charge is 2.24. The van der Waals surface area contributed by atoms with Crippen molar-refractivity contribution in [2.75, 3.05) is 13.7 Å². The summed E-state index contributed by atoms with van der Waals surface area (Å²) < 4.78 is 26.5. The van der Waals surface area contributed by atoms with Gasteiger partial charge < -0.3 is 4.74 Å². The molecule has 0 amide bonds. The van der Waals surface area contributed by atoms with E-state index in [2.05, 4.69) is 9.08 Å². The van der Waals surface area contributed by atoms with Gasteiger partial charge in [0.25, 0.3) is 5.69 Å². The molecule has 2 aromatic carbocycles. The van der Waals surface area contributed by atoms with Gasteiger partial charge >= 0.3 is 0 Å². The van der Waals surface area contributed by atoms with E-state index < -0.39 is 14.8 Å². The average Bonchev–Trinajstić information content (AvgIpc) is 3.51. The highest BCUT2D eigenvalue weighted by molar-refractivity contribution is 7.91. The van der Waals surface area contributed by atoms with Crippen molar-refractivity contribution >= 4 is 15.6 Å². The van der Waals surface area contributed by atoms with Crippen molar-refractivity contribution in [1.82, 2.24) is 4.72 Å². The van der Waals surface area contributed by atoms with Gasteiger partial charge in [-0.15, -0.1) is 0 Å². The number of methoxy groups -OCH3 is 1. The second-order valence-corrected chi connectivity index (χ2v) is 8.65. The van der Waals surface area contributed by atoms with Crippen LogP contribution in [-0.2, 0) is 9.92 Å². The molecule has 1 N–H and O–H groups in total. The van der Waals surface area contributed by atoms with Crippen LogP contribution in [0, 0.1) is 16.0 Å². The maximum absolute atomic E-state index is 13.6. The normalized spacial score (nSPS) is 17.0. The molecule has 0 radical (unpaired) electrons. The number of rotatable bonds is 8. The van der Waals surface area contributed by atoms with Crippen LogP contribution in [0.25, 0.3) is 0 Å². The summed E-state index contributed by atoms with van der Waals surface area (Å²) in [5, 5.41) is 10.9. The van der Waals surface area contributed by atoms with Crippen LogP contribution in [-0.4, -0.2) is 22.8 Å². The predicted molar refractivity (Wildman–Crippen MR) is 104 cm³/mol. The molecular weight excluding hydrogens is 366 g/mol. The Morgan fingerprint density at radius 3 is 2.37 bits per heavy atom. The summed E-state index contributed by atoms with van der Waals surface area (Å²) >= 11 is 0. The van der Waals surface area contributed by atoms with Crippen LogP contribution in [0.2, 0.25) is 0 Å². The van der Waals surface area contributed by atoms with E-state index in [0.29, 0.717) is 17.4 Å². The fourth-order valence-electron chi connectivity index (χ4n) is 2.65. The topological polar surface area (TPSA) is 93.8 Å². The van der Waals surface area contributed by atoms with Crippen LogP contribution in [0.5, 0.6) is 5.75 Å². The number of ether oxygens (including phenoxy) is 1. The van der Waals surface area contributed by atoms with Gasteiger partial charge in [0.2, 0.25) is 0 Å². The SMILES string of the molecule is COc1ccc([C@@H](C)N=[S@](=O)(NCC2CC2)c2ccc([N+](=O)[O-])cc2)cc1. The van der Waals surface area contributed by atoms with Gasteiger partial charge in [-0.2, -0.15) is 0 Å². The number of nitrogens with one attached hydrogen (secondary N) is 1. The van der Waals surface area contributed by atoms with E-state index in [0.717, 1.165) is 24.2 Å². The Balaban J connectivity index is 1.93. The fraction of sp³-hybridized carbons (Fsp3) is 0.368. The lowest BCUT2D eigenvalue weighted by Crippen LogP contribution is -2.26. The number of nitrogens with zero attached hydrogens (tertiary/aromatic N) is 2. The number of non-ortho nitro benzene ring substituents is 1. The van der Waals surface area contributed by atoms with E-state index in [4.69, 9.17) is 4.74 Å². The monoisotopic (exact) mass is 389 g/mol. The largest absolute Gasteiger partial charge is 0.497 e. The summed E-state index contributed by atoms with van der Waals surface area (Å²) in [5.41, 5.74) is 0.879. The van der Waals surface area contributed by atoms with E-state index in [1.165, 1.54) is 24.3 Å². The molecule has 0 spiro atoms. The van der Waals surface area contributed by atoms with Crippen molar-refractivity contribution in [3.63, 3.8) is 0 Å². The Labute approximate surface area is 159 Å². The van der Waals surface area contributed by atoms with Crippen LogP contribution in [0.4, 0.5) is 5.69 Å². The van der Waals surface area contributed by atoms with Gasteiger partial charge in [0.05, 0.1) is 23.0 Å². The second kappa shape index (κ2) is 8.06. The minimum atomic E-state index is -2.91. The van der Waals surface area contributed by atoms with Crippen molar-refractivity contribution in [3.8, 4) is 5.75 Å². The molecule has 0 unspecified atom stereocenters. The lowest BCUT2D eigenvalue weighted by atomic mass is 10.1. The molecule has 0 heterocycles. The maximum Gasteiger partial charge on any atom is 0.269 e. The summed E-state index contributed by atoms with van der Waals surface area (Å²) in [6.45, 7) is 2.50. The van der Waals surface area contributed by atoms with Gasteiger partial charge in [0, 0.05) is 18.7 Å². The van der Waals surface area contributed by atoms with Gasteiger partial charge in [-0.05, 0) is 55.5 Å². The first-order valence-electron chi connectivity index (χ1n) is 8.80. The molecule has 0 aromatic heterocycles. The van der Waals surface area contributed by atoms with Crippen LogP contribution in [0.1, 0.15) is 31.4 Å². The summed E-state index contributed by atoms with van der Waals surface area (Å²) in [7, 11) is -1.30. The summed E-state index contributed by atoms with van der Waals surface area (Å²) in [6, 6.07) is 12.9. The highest BCUT2D eigenvalue weighted by Crippen LogP contribution is 2.29. The van der Waals surface area contributed by atoms with Crippen molar-refractivity contribution < 1.29 is 13.9 Å². The lowest BCUT2D eigenvalue weighted by molar-refractivity contribution is -0.384. The van der Waals surface area contributed by atoms with Crippen molar-refractivity contribution in [1.29, 1.82) is 0 Å². The molecule has 0 aliphatic heterocycles. The Kier molecular flexibility index (Phi) is 5.76. The predicted octanol–water partition coefficient (Wildman–Crippen LogP) is 4.11. The van der Waals surface area contributed by atoms with E-state index in [1.54, 1.807) is 7.11 Å². The first kappa shape index (κ1) is 19.3. The second-order valence-electron chi connectivity index (χ2n) is 6.62. The summed E-state index contributed by atoms with van der Waals surface area (Å²) in [4.78, 5) is 10.9. The smallest absolute Gasteiger partial charge is 0.269 e. The first-order chi connectivity index (χ1) is 12.9. The number of nitro groups is 1. The molecule has 2 atom stereocenters. The summed E-state index contributed by atoms with van der Waals surface area (Å²) in [6.07, 6.45) is 2.24. The van der Waals surface area contributed by atoms with Gasteiger partial charge in [0.15, 0.2) is 0 Å². The van der Waals surface area contributed by atoms with Gasteiger partial charge in [0.1, 0.15) is 15.7 Å². The van der Waals surface area contributed by atoms with Gasteiger partial charge in [-0.25, -0.2) is 13.3 Å². The molecule has 8 heteroatoms. The molecule has 1 aliphatic carbocycles. The molecule has 0 bridgehead atoms. The highest BCUT2D eigenvalue weighted by atomic mass is 32.2. The van der Waals surface area contributed by atoms with E-state index in [9.17, 15) is 14.3 Å². The Morgan fingerprint density at radius 1 is 1.22 bits per heavy atom. The third-order valence-corrected chi connectivity index (χ3v) is 6.62. The molecule has 0 saturated heterocycles. The minimum Gasteiger partial charge on any atom is -0.497 e. The van der Waals surface area contributed by atoms with Crippen LogP contribution < -0.4 is 9.46 Å². The number of hydrogen-bond donors (Lipinski definition) is 1. The zero-order valence-electron chi connectivity index (χ0n) is 15.3. The summed E-state index contributed by atoms with van der Waals surface area (Å²) in [5.74, 6) is 1.27. The van der Waals surface area contributed by atoms with Crippen LogP contribution in [0.15, 0.2) is 57.8 Å². The molecule has 1 fully saturated rings. The third kappa shape index (κ3) is 4.84. The lowest BCUT2D eigenvalue weighted by Gasteiger charge is -2.16. The van der Waals surface area contributed by atoms with E-state index >= 15 is 0 Å². The minimum absolute atomic E-state index is 0.0362. The standard InChI is InChI=1S/C19H23N3O4S/c1-14(16-5-9-18(26-2)10-6-16)21-27(25,20-13-15-3-4-15)19-11-7-17(8-12-19)22(23)24/h5-12,14-15H,3-4,13H2,1-2H3,(H,20,21,25)/t14-,27-/m1/s1. The van der Waals surface area contributed by atoms with Crippen LogP contribution >= 0.6 is 0 Å². The zero-order chi connectivity index (χ0) is 19.4. The molecule has 1 saturated carbocycles. The maximum atomic E-state index is 13.6. The van der Waals surface area contributed by atoms with Gasteiger partial charge in [-0.1, -0.05) is 12.1 Å². The van der Waals surface area contributed by atoms with Crippen molar-refractivity contribution in [3.05, 3.63) is 64.2 Å². The van der Waals surface area contributed by atoms with Crippen molar-refractivity contribution in [2.24, 2.45) is 10.3 Å². The Hall–Kier alpha value is -2.45. The fourth-order valence-corrected chi connectivity index (χ4v) is 4.55. The van der Waals surface area contributed by atoms with Gasteiger partial charge in [-0.3, -0.25) is 10.1 Å². The zero-order valence-corrected chi connectivity index (χ0v) is 16.1. The van der Waals surface area contributed by atoms with Crippen molar-refractivity contribution in [2.45, 2.75) is 30.7 Å². The first-order valence-corrected chi connectivity index (χ1v) is 10.3. The molecule has 1 aliphatic rings. The van der Waals surface area contributed by atoms with E-state index in [-0.39, 0.29) is 11.7 Å². The number of hydrogen-bond acceptors (Lipinski definition) is 5. The molecule has 3 rings (SSSR count). The number of benzene rings is 2. The Morgan fingerprint density at radius 2 is 1.85 bits per heavy atom. The Bertz CT molecular complexity index is 915. The molecule has 7 nitrogen and oxygen atoms in total. The molecule has 27 heavy (non-hydrogen) atoms. The van der Waals surface area contributed by atoms with E-state index in [1.807, 2.05) is 31.2 Å². The molecule has 144 valence electrons. The molecule has 2 aromatic rings. The number of nitro benzene ring substituents is 1. The molecular formula is C19H23N3O4S.